The number of carbonyl (C=O) groups excluding carboxylic acids is 2. The predicted octanol–water partition coefficient (Wildman–Crippen LogP) is 3.41. The van der Waals surface area contributed by atoms with E-state index in [1.54, 1.807) is 32.9 Å². The molecule has 1 aromatic heterocycles. The van der Waals surface area contributed by atoms with Gasteiger partial charge in [0.25, 0.3) is 0 Å². The van der Waals surface area contributed by atoms with Gasteiger partial charge in [-0.2, -0.15) is 0 Å². The molecule has 1 aromatic rings. The molecular weight excluding hydrogens is 244 g/mol. The average molecular weight is 264 g/mol. The summed E-state index contributed by atoms with van der Waals surface area (Å²) in [6, 6.07) is 3.30. The second-order valence-corrected chi connectivity index (χ2v) is 5.20. The fraction of sp³-hybridized carbons (Fsp3) is 0.500. The van der Waals surface area contributed by atoms with Crippen molar-refractivity contribution in [1.29, 1.82) is 0 Å². The summed E-state index contributed by atoms with van der Waals surface area (Å²) in [6.45, 7) is 7.25. The van der Waals surface area contributed by atoms with E-state index in [4.69, 9.17) is 4.74 Å². The number of hydrogen-bond acceptors (Lipinski definition) is 4. The first-order valence-corrected chi connectivity index (χ1v) is 6.31. The number of nitrogens with zero attached hydrogens (tertiary/aromatic N) is 1. The summed E-state index contributed by atoms with van der Waals surface area (Å²) in [6.07, 6.45) is 2.08. The topological polar surface area (TPSA) is 68.3 Å². The number of hydrogen-bond donors (Lipinski definition) is 1. The summed E-state index contributed by atoms with van der Waals surface area (Å²) in [4.78, 5) is 27.6. The number of Topliss-reactive ketones (excluding diaryl/α,β-unsaturated/α-hetero) is 1. The standard InChI is InChI=1S/C14H20N2O3/c1-5-7-11(17)12-10(8-6-9-15-12)16-13(18)19-14(2,3)4/h6,8-9H,5,7H2,1-4H3,(H,16,18). The van der Waals surface area contributed by atoms with Gasteiger partial charge in [-0.1, -0.05) is 6.92 Å². The van der Waals surface area contributed by atoms with Crippen molar-refractivity contribution in [1.82, 2.24) is 4.98 Å². The number of rotatable bonds is 4. The highest BCUT2D eigenvalue weighted by molar-refractivity contribution is 6.02. The highest BCUT2D eigenvalue weighted by Gasteiger charge is 2.19. The minimum atomic E-state index is -0.592. The smallest absolute Gasteiger partial charge is 0.412 e. The molecule has 1 rings (SSSR count). The molecule has 0 aliphatic heterocycles. The Morgan fingerprint density at radius 3 is 2.63 bits per heavy atom. The number of pyridine rings is 1. The Hall–Kier alpha value is -1.91. The molecule has 0 saturated carbocycles. The van der Waals surface area contributed by atoms with Crippen LogP contribution >= 0.6 is 0 Å². The van der Waals surface area contributed by atoms with E-state index in [0.717, 1.165) is 6.42 Å². The zero-order valence-corrected chi connectivity index (χ0v) is 11.8. The fourth-order valence-electron chi connectivity index (χ4n) is 1.49. The van der Waals surface area contributed by atoms with Crippen molar-refractivity contribution in [2.24, 2.45) is 0 Å². The molecule has 0 aromatic carbocycles. The Morgan fingerprint density at radius 2 is 2.05 bits per heavy atom. The van der Waals surface area contributed by atoms with Gasteiger partial charge in [-0.15, -0.1) is 0 Å². The molecule has 104 valence electrons. The van der Waals surface area contributed by atoms with Gasteiger partial charge in [-0.05, 0) is 39.3 Å². The Kier molecular flexibility index (Phi) is 5.03. The summed E-state index contributed by atoms with van der Waals surface area (Å²) in [5.74, 6) is -0.0887. The summed E-state index contributed by atoms with van der Waals surface area (Å²) >= 11 is 0. The highest BCUT2D eigenvalue weighted by Crippen LogP contribution is 2.16. The molecule has 19 heavy (non-hydrogen) atoms. The minimum Gasteiger partial charge on any atom is -0.444 e. The lowest BCUT2D eigenvalue weighted by molar-refractivity contribution is 0.0636. The number of nitrogens with one attached hydrogen (secondary N) is 1. The molecule has 0 spiro atoms. The lowest BCUT2D eigenvalue weighted by Crippen LogP contribution is -2.27. The van der Waals surface area contributed by atoms with Gasteiger partial charge in [-0.3, -0.25) is 15.1 Å². The number of amides is 1. The Morgan fingerprint density at radius 1 is 1.37 bits per heavy atom. The van der Waals surface area contributed by atoms with Crippen LogP contribution in [-0.4, -0.2) is 22.5 Å². The summed E-state index contributed by atoms with van der Waals surface area (Å²) in [7, 11) is 0. The molecule has 0 saturated heterocycles. The van der Waals surface area contributed by atoms with E-state index in [2.05, 4.69) is 10.3 Å². The normalized spacial score (nSPS) is 10.9. The van der Waals surface area contributed by atoms with Crippen LogP contribution in [0, 0.1) is 0 Å². The van der Waals surface area contributed by atoms with Crippen molar-refractivity contribution in [2.75, 3.05) is 5.32 Å². The van der Waals surface area contributed by atoms with Crippen LogP contribution in [0.15, 0.2) is 18.3 Å². The molecular formula is C14H20N2O3. The summed E-state index contributed by atoms with van der Waals surface area (Å²) in [5, 5.41) is 2.56. The van der Waals surface area contributed by atoms with Crippen molar-refractivity contribution in [3.63, 3.8) is 0 Å². The van der Waals surface area contributed by atoms with Gasteiger partial charge in [0.2, 0.25) is 0 Å². The first kappa shape index (κ1) is 15.1. The van der Waals surface area contributed by atoms with E-state index in [1.165, 1.54) is 6.20 Å². The van der Waals surface area contributed by atoms with E-state index >= 15 is 0 Å². The number of ketones is 1. The first-order chi connectivity index (χ1) is 8.83. The molecule has 0 atom stereocenters. The molecule has 0 fully saturated rings. The van der Waals surface area contributed by atoms with E-state index < -0.39 is 11.7 Å². The van der Waals surface area contributed by atoms with Crippen molar-refractivity contribution >= 4 is 17.6 Å². The largest absolute Gasteiger partial charge is 0.444 e. The lowest BCUT2D eigenvalue weighted by Gasteiger charge is -2.20. The van der Waals surface area contributed by atoms with E-state index in [1.807, 2.05) is 6.92 Å². The SMILES string of the molecule is CCCC(=O)c1ncccc1NC(=O)OC(C)(C)C. The third-order valence-corrected chi connectivity index (χ3v) is 2.18. The van der Waals surface area contributed by atoms with Gasteiger partial charge in [-0.25, -0.2) is 4.79 Å². The number of ether oxygens (including phenoxy) is 1. The monoisotopic (exact) mass is 264 g/mol. The van der Waals surface area contributed by atoms with Gasteiger partial charge in [0.1, 0.15) is 11.3 Å². The fourth-order valence-corrected chi connectivity index (χ4v) is 1.49. The van der Waals surface area contributed by atoms with Crippen LogP contribution in [0.2, 0.25) is 0 Å². The van der Waals surface area contributed by atoms with Crippen molar-refractivity contribution in [3.05, 3.63) is 24.0 Å². The summed E-state index contributed by atoms with van der Waals surface area (Å²) in [5.41, 5.74) is 0.0743. The number of aromatic nitrogens is 1. The van der Waals surface area contributed by atoms with Crippen LogP contribution < -0.4 is 5.32 Å². The van der Waals surface area contributed by atoms with Crippen molar-refractivity contribution < 1.29 is 14.3 Å². The van der Waals surface area contributed by atoms with Crippen molar-refractivity contribution in [2.45, 2.75) is 46.1 Å². The lowest BCUT2D eigenvalue weighted by atomic mass is 10.1. The second kappa shape index (κ2) is 6.31. The van der Waals surface area contributed by atoms with Crippen LogP contribution in [0.5, 0.6) is 0 Å². The van der Waals surface area contributed by atoms with Gasteiger partial charge in [0, 0.05) is 12.6 Å². The quantitative estimate of drug-likeness (QED) is 0.846. The first-order valence-electron chi connectivity index (χ1n) is 6.31. The predicted molar refractivity (Wildman–Crippen MR) is 73.3 cm³/mol. The van der Waals surface area contributed by atoms with Crippen LogP contribution in [0.4, 0.5) is 10.5 Å². The van der Waals surface area contributed by atoms with Crippen LogP contribution in [0.25, 0.3) is 0 Å². The molecule has 0 unspecified atom stereocenters. The van der Waals surface area contributed by atoms with Crippen LogP contribution in [0.1, 0.15) is 51.0 Å². The zero-order chi connectivity index (χ0) is 14.5. The Bertz CT molecular complexity index is 464. The van der Waals surface area contributed by atoms with Crippen molar-refractivity contribution in [3.8, 4) is 0 Å². The Labute approximate surface area is 113 Å². The van der Waals surface area contributed by atoms with E-state index in [-0.39, 0.29) is 11.5 Å². The molecule has 0 aliphatic carbocycles. The molecule has 5 heteroatoms. The van der Waals surface area contributed by atoms with Gasteiger partial charge in [0.05, 0.1) is 5.69 Å². The summed E-state index contributed by atoms with van der Waals surface area (Å²) < 4.78 is 5.15. The maximum atomic E-state index is 11.9. The molecule has 0 bridgehead atoms. The second-order valence-electron chi connectivity index (χ2n) is 5.20. The van der Waals surface area contributed by atoms with E-state index in [0.29, 0.717) is 12.1 Å². The Balaban J connectivity index is 2.84. The highest BCUT2D eigenvalue weighted by atomic mass is 16.6. The number of carbonyl (C=O) groups is 2. The zero-order valence-electron chi connectivity index (χ0n) is 11.8. The van der Waals surface area contributed by atoms with Crippen LogP contribution in [-0.2, 0) is 4.74 Å². The molecule has 0 radical (unpaired) electrons. The maximum Gasteiger partial charge on any atom is 0.412 e. The van der Waals surface area contributed by atoms with E-state index in [9.17, 15) is 9.59 Å². The van der Waals surface area contributed by atoms with Gasteiger partial charge in [0.15, 0.2) is 5.78 Å². The third-order valence-electron chi connectivity index (χ3n) is 2.18. The molecule has 5 nitrogen and oxygen atoms in total. The van der Waals surface area contributed by atoms with Gasteiger partial charge >= 0.3 is 6.09 Å². The maximum absolute atomic E-state index is 11.9. The molecule has 1 amide bonds. The van der Waals surface area contributed by atoms with Gasteiger partial charge < -0.3 is 4.74 Å². The van der Waals surface area contributed by atoms with Crippen LogP contribution in [0.3, 0.4) is 0 Å². The minimum absolute atomic E-state index is 0.0887. The molecule has 0 aliphatic rings. The molecule has 1 N–H and O–H groups in total. The number of anilines is 1. The average Bonchev–Trinajstić information content (AvgIpc) is 2.27. The molecule has 1 heterocycles. The third kappa shape index (κ3) is 5.07.